The number of nitrogens with one attached hydrogen (secondary N) is 2. The molecule has 1 aromatic rings. The third-order valence-electron chi connectivity index (χ3n) is 12.0. The number of ether oxygens (including phenoxy) is 3. The summed E-state index contributed by atoms with van der Waals surface area (Å²) in [6.45, 7) is 3.24. The number of nitrogens with two attached hydrogens (primary N) is 2. The first kappa shape index (κ1) is 38.9. The lowest BCUT2D eigenvalue weighted by atomic mass is 9.53. The number of likely N-dealkylation sites (tertiary alicyclic amines) is 2. The fourth-order valence-corrected chi connectivity index (χ4v) is 9.34. The van der Waals surface area contributed by atoms with E-state index in [4.69, 9.17) is 30.8 Å². The molecule has 16 heteroatoms. The lowest BCUT2D eigenvalue weighted by Crippen LogP contribution is -2.63. The Kier molecular flexibility index (Phi) is 11.7. The summed E-state index contributed by atoms with van der Waals surface area (Å²) in [7, 11) is 3.83. The van der Waals surface area contributed by atoms with Gasteiger partial charge < -0.3 is 51.2 Å². The molecule has 3 amide bonds. The van der Waals surface area contributed by atoms with E-state index in [1.54, 1.807) is 12.0 Å². The maximum atomic E-state index is 14.0. The van der Waals surface area contributed by atoms with Crippen molar-refractivity contribution in [2.45, 2.75) is 101 Å². The van der Waals surface area contributed by atoms with Gasteiger partial charge in [-0.05, 0) is 95.5 Å². The van der Waals surface area contributed by atoms with Crippen molar-refractivity contribution in [3.05, 3.63) is 35.1 Å². The summed E-state index contributed by atoms with van der Waals surface area (Å²) in [6, 6.07) is 3.13. The van der Waals surface area contributed by atoms with Gasteiger partial charge in [-0.15, -0.1) is 0 Å². The molecule has 0 saturated carbocycles. The van der Waals surface area contributed by atoms with Crippen molar-refractivity contribution in [3.8, 4) is 11.5 Å². The van der Waals surface area contributed by atoms with Crippen LogP contribution in [0.3, 0.4) is 0 Å². The Hall–Kier alpha value is -4.86. The summed E-state index contributed by atoms with van der Waals surface area (Å²) >= 11 is 0. The second-order valence-electron chi connectivity index (χ2n) is 15.3. The maximum Gasteiger partial charge on any atom is 0.415 e. The van der Waals surface area contributed by atoms with E-state index < -0.39 is 48.2 Å². The van der Waals surface area contributed by atoms with Gasteiger partial charge in [0.25, 0.3) is 0 Å². The number of guanidine groups is 1. The summed E-state index contributed by atoms with van der Waals surface area (Å²) < 4.78 is 18.8. The fourth-order valence-electron chi connectivity index (χ4n) is 9.34. The van der Waals surface area contributed by atoms with E-state index in [9.17, 15) is 24.0 Å². The molecule has 16 nitrogen and oxygen atoms in total. The van der Waals surface area contributed by atoms with E-state index in [2.05, 4.69) is 33.6 Å². The van der Waals surface area contributed by atoms with Crippen molar-refractivity contribution in [3.63, 3.8) is 0 Å². The zero-order valence-electron chi connectivity index (χ0n) is 31.3. The number of amides is 3. The van der Waals surface area contributed by atoms with Crippen LogP contribution in [0.2, 0.25) is 0 Å². The zero-order chi connectivity index (χ0) is 38.7. The second-order valence-corrected chi connectivity index (χ2v) is 15.3. The number of carbonyl (C=O) groups excluding carboxylic acids is 4. The number of carboxylic acid groups (broad SMARTS) is 1. The van der Waals surface area contributed by atoms with E-state index >= 15 is 0 Å². The van der Waals surface area contributed by atoms with Crippen molar-refractivity contribution < 1.29 is 43.3 Å². The van der Waals surface area contributed by atoms with Crippen LogP contribution in [0.1, 0.15) is 75.8 Å². The number of hydrogen-bond acceptors (Lipinski definition) is 10. The van der Waals surface area contributed by atoms with E-state index in [-0.39, 0.29) is 49.3 Å². The fraction of sp³-hybridized carbons (Fsp3) is 0.632. The van der Waals surface area contributed by atoms with Gasteiger partial charge in [0, 0.05) is 49.0 Å². The highest BCUT2D eigenvalue weighted by molar-refractivity contribution is 5.97. The first-order valence-electron chi connectivity index (χ1n) is 19.0. The molecule has 2 fully saturated rings. The normalized spacial score (nSPS) is 26.2. The number of carboxylic acids is 1. The van der Waals surface area contributed by atoms with E-state index in [0.717, 1.165) is 44.4 Å². The third-order valence-corrected chi connectivity index (χ3v) is 12.0. The monoisotopic (exact) mass is 751 g/mol. The number of nitrogens with zero attached hydrogens (tertiary/aromatic N) is 3. The van der Waals surface area contributed by atoms with Gasteiger partial charge in [0.2, 0.25) is 11.8 Å². The van der Waals surface area contributed by atoms with Crippen LogP contribution >= 0.6 is 0 Å². The number of aliphatic imine (C=N–C) groups is 1. The van der Waals surface area contributed by atoms with E-state index in [0.29, 0.717) is 42.9 Å². The molecule has 54 heavy (non-hydrogen) atoms. The van der Waals surface area contributed by atoms with Crippen LogP contribution in [0.15, 0.2) is 29.0 Å². The number of likely N-dealkylation sites (N-methyl/N-ethyl adjacent to an activating group) is 1. The lowest BCUT2D eigenvalue weighted by Gasteiger charge is -2.56. The average molecular weight is 752 g/mol. The molecule has 0 radical (unpaired) electrons. The molecule has 2 bridgehead atoms. The highest BCUT2D eigenvalue weighted by atomic mass is 16.6. The van der Waals surface area contributed by atoms with Crippen molar-refractivity contribution in [2.75, 3.05) is 40.3 Å². The number of Topliss-reactive ketones (excluding diaryl/α,β-unsaturated/α-hetero) is 1. The largest absolute Gasteiger partial charge is 0.493 e. The Labute approximate surface area is 315 Å². The molecule has 5 aliphatic rings. The van der Waals surface area contributed by atoms with Crippen LogP contribution in [0.25, 0.3) is 0 Å². The standard InChI is InChI=1S/C38H53N7O9/c1-21(43-30(47)19-31(48)49)27(46)18-23(7-6-14-41-36(39)40)35(50)42-20-24-8-4-5-15-45(24)37(51)53-29-12-10-25-26-17-22-9-11-28(52-3)33-32(22)38(25,34(29)54-33)13-16-44(26)2/h9,11-12,21,23-26,34H,4-8,10,13-20H2,1-3H3,(H,42,50)(H,43,47)(H,48,49)(H4,39,40,41)/t21-,23+,24+,25-,26+,34-,38-/m0/s1. The van der Waals surface area contributed by atoms with Crippen LogP contribution in [-0.4, -0.2) is 115 Å². The highest BCUT2D eigenvalue weighted by Crippen LogP contribution is 2.63. The Morgan fingerprint density at radius 1 is 1.17 bits per heavy atom. The van der Waals surface area contributed by atoms with Crippen LogP contribution in [0.4, 0.5) is 4.79 Å². The summed E-state index contributed by atoms with van der Waals surface area (Å²) in [4.78, 5) is 71.7. The van der Waals surface area contributed by atoms with Crippen molar-refractivity contribution in [1.29, 1.82) is 0 Å². The minimum atomic E-state index is -1.31. The smallest absolute Gasteiger partial charge is 0.415 e. The lowest BCUT2D eigenvalue weighted by molar-refractivity contribution is -0.141. The summed E-state index contributed by atoms with van der Waals surface area (Å²) in [6.07, 6.45) is 5.69. The number of benzene rings is 1. The minimum absolute atomic E-state index is 0.0858. The number of ketones is 1. The van der Waals surface area contributed by atoms with Gasteiger partial charge in [0.05, 0.1) is 19.2 Å². The molecule has 7 atom stereocenters. The van der Waals surface area contributed by atoms with Crippen LogP contribution in [0.5, 0.6) is 11.5 Å². The zero-order valence-corrected chi connectivity index (χ0v) is 31.3. The summed E-state index contributed by atoms with van der Waals surface area (Å²) in [5.41, 5.74) is 13.0. The van der Waals surface area contributed by atoms with Gasteiger partial charge in [0.1, 0.15) is 12.2 Å². The Bertz CT molecular complexity index is 1710. The Morgan fingerprint density at radius 2 is 1.96 bits per heavy atom. The SMILES string of the molecule is COc1ccc2c3c1O[C@H]1C(OC(=O)N4CCCC[C@@H]4CNC(=O)[C@H](CCCN=C(N)N)CC(=O)[C@H](C)NC(=O)CC(=O)O)=CC[C@H]4[C@@H](C2)N(C)CC[C@]314. The predicted molar refractivity (Wildman–Crippen MR) is 197 cm³/mol. The van der Waals surface area contributed by atoms with Gasteiger partial charge in [-0.3, -0.25) is 24.2 Å². The molecule has 3 aliphatic heterocycles. The number of rotatable bonds is 15. The van der Waals surface area contributed by atoms with Crippen molar-refractivity contribution in [2.24, 2.45) is 28.3 Å². The number of allylic oxidation sites excluding steroid dienone is 1. The van der Waals surface area contributed by atoms with Gasteiger partial charge in [-0.25, -0.2) is 4.79 Å². The van der Waals surface area contributed by atoms with Crippen molar-refractivity contribution >= 4 is 35.6 Å². The second kappa shape index (κ2) is 16.2. The Morgan fingerprint density at radius 3 is 2.70 bits per heavy atom. The van der Waals surface area contributed by atoms with Gasteiger partial charge in [-0.1, -0.05) is 6.07 Å². The highest BCUT2D eigenvalue weighted by Gasteiger charge is 2.65. The molecule has 2 saturated heterocycles. The van der Waals surface area contributed by atoms with Gasteiger partial charge in [-0.2, -0.15) is 0 Å². The number of carbonyl (C=O) groups is 5. The molecular weight excluding hydrogens is 698 g/mol. The number of aliphatic carboxylic acids is 1. The van der Waals surface area contributed by atoms with Crippen molar-refractivity contribution in [1.82, 2.24) is 20.4 Å². The molecular formula is C38H53N7O9. The first-order valence-corrected chi connectivity index (χ1v) is 19.0. The molecule has 1 spiro atoms. The molecule has 7 N–H and O–H groups in total. The maximum absolute atomic E-state index is 14.0. The number of piperidine rings is 2. The molecule has 3 heterocycles. The first-order chi connectivity index (χ1) is 25.8. The predicted octanol–water partition coefficient (Wildman–Crippen LogP) is 1.57. The molecule has 0 unspecified atom stereocenters. The Balaban J connectivity index is 1.13. The number of methoxy groups -OCH3 is 1. The quantitative estimate of drug-likeness (QED) is 0.0745. The summed E-state index contributed by atoms with van der Waals surface area (Å²) in [5, 5.41) is 14.2. The van der Waals surface area contributed by atoms with Crippen LogP contribution < -0.4 is 31.6 Å². The minimum Gasteiger partial charge on any atom is -0.493 e. The summed E-state index contributed by atoms with van der Waals surface area (Å²) in [5.74, 6) is -1.52. The molecule has 0 aromatic heterocycles. The third kappa shape index (κ3) is 7.70. The van der Waals surface area contributed by atoms with Crippen LogP contribution in [0, 0.1) is 11.8 Å². The topological polar surface area (TPSA) is 228 Å². The van der Waals surface area contributed by atoms with E-state index in [1.165, 1.54) is 18.1 Å². The molecule has 6 rings (SSSR count). The number of hydrogen-bond donors (Lipinski definition) is 5. The van der Waals surface area contributed by atoms with Gasteiger partial charge >= 0.3 is 12.1 Å². The van der Waals surface area contributed by atoms with E-state index in [1.807, 2.05) is 12.1 Å². The van der Waals surface area contributed by atoms with Crippen LogP contribution in [-0.2, 0) is 35.8 Å². The van der Waals surface area contributed by atoms with Gasteiger partial charge in [0.15, 0.2) is 29.3 Å². The molecule has 294 valence electrons. The molecule has 1 aromatic carbocycles. The molecule has 2 aliphatic carbocycles. The average Bonchev–Trinajstić information content (AvgIpc) is 3.49.